The van der Waals surface area contributed by atoms with Gasteiger partial charge in [0.05, 0.1) is 26.9 Å². The van der Waals surface area contributed by atoms with Crippen molar-refractivity contribution in [3.63, 3.8) is 0 Å². The Kier molecular flexibility index (Phi) is 8.98. The van der Waals surface area contributed by atoms with E-state index in [-0.39, 0.29) is 0 Å². The SMILES string of the molecule is COCCOCCCOCc1ccc(OC)c(CN)c1. The van der Waals surface area contributed by atoms with Gasteiger partial charge in [-0.05, 0) is 24.1 Å². The van der Waals surface area contributed by atoms with Gasteiger partial charge in [0, 0.05) is 32.4 Å². The van der Waals surface area contributed by atoms with E-state index < -0.39 is 0 Å². The predicted octanol–water partition coefficient (Wildman–Crippen LogP) is 1.72. The van der Waals surface area contributed by atoms with Crippen LogP contribution in [0.1, 0.15) is 17.5 Å². The van der Waals surface area contributed by atoms with Crippen molar-refractivity contribution in [2.75, 3.05) is 40.6 Å². The lowest BCUT2D eigenvalue weighted by atomic mass is 10.1. The number of methoxy groups -OCH3 is 2. The van der Waals surface area contributed by atoms with Gasteiger partial charge in [-0.1, -0.05) is 6.07 Å². The van der Waals surface area contributed by atoms with Gasteiger partial charge in [0.25, 0.3) is 0 Å². The Bertz CT molecular complexity index is 371. The molecule has 0 saturated heterocycles. The van der Waals surface area contributed by atoms with E-state index in [1.54, 1.807) is 14.2 Å². The van der Waals surface area contributed by atoms with Crippen molar-refractivity contribution >= 4 is 0 Å². The molecule has 0 aliphatic heterocycles. The maximum atomic E-state index is 5.68. The van der Waals surface area contributed by atoms with E-state index in [9.17, 15) is 0 Å². The lowest BCUT2D eigenvalue weighted by molar-refractivity contribution is 0.0483. The highest BCUT2D eigenvalue weighted by atomic mass is 16.5. The molecule has 20 heavy (non-hydrogen) atoms. The Morgan fingerprint density at radius 1 is 1.00 bits per heavy atom. The van der Waals surface area contributed by atoms with Crippen LogP contribution in [0, 0.1) is 0 Å². The second kappa shape index (κ2) is 10.6. The van der Waals surface area contributed by atoms with Crippen molar-refractivity contribution in [1.82, 2.24) is 0 Å². The summed E-state index contributed by atoms with van der Waals surface area (Å²) in [4.78, 5) is 0. The molecule has 0 fully saturated rings. The first kappa shape index (κ1) is 16.9. The lowest BCUT2D eigenvalue weighted by Crippen LogP contribution is -2.06. The minimum atomic E-state index is 0.463. The van der Waals surface area contributed by atoms with Gasteiger partial charge in [-0.15, -0.1) is 0 Å². The molecule has 5 heteroatoms. The number of benzene rings is 1. The molecule has 0 aliphatic carbocycles. The average Bonchev–Trinajstić information content (AvgIpc) is 2.49. The fraction of sp³-hybridized carbons (Fsp3) is 0.600. The molecule has 0 radical (unpaired) electrons. The zero-order valence-corrected chi connectivity index (χ0v) is 12.4. The predicted molar refractivity (Wildman–Crippen MR) is 77.9 cm³/mol. The van der Waals surface area contributed by atoms with Gasteiger partial charge in [-0.3, -0.25) is 0 Å². The summed E-state index contributed by atoms with van der Waals surface area (Å²) >= 11 is 0. The van der Waals surface area contributed by atoms with Gasteiger partial charge in [-0.25, -0.2) is 0 Å². The Balaban J connectivity index is 2.18. The molecule has 5 nitrogen and oxygen atoms in total. The molecule has 1 aromatic carbocycles. The summed E-state index contributed by atoms with van der Waals surface area (Å²) in [5.41, 5.74) is 7.78. The van der Waals surface area contributed by atoms with Crippen LogP contribution in [0.4, 0.5) is 0 Å². The van der Waals surface area contributed by atoms with E-state index in [4.69, 9.17) is 24.7 Å². The van der Waals surface area contributed by atoms with E-state index in [2.05, 4.69) is 0 Å². The average molecular weight is 283 g/mol. The highest BCUT2D eigenvalue weighted by molar-refractivity contribution is 5.36. The first-order chi connectivity index (χ1) is 9.81. The molecule has 2 N–H and O–H groups in total. The Morgan fingerprint density at radius 2 is 1.80 bits per heavy atom. The quantitative estimate of drug-likeness (QED) is 0.627. The Labute approximate surface area is 121 Å². The molecule has 114 valence electrons. The Hall–Kier alpha value is -1.14. The monoisotopic (exact) mass is 283 g/mol. The summed E-state index contributed by atoms with van der Waals surface area (Å²) in [6, 6.07) is 5.94. The highest BCUT2D eigenvalue weighted by Crippen LogP contribution is 2.19. The van der Waals surface area contributed by atoms with Gasteiger partial charge >= 0.3 is 0 Å². The highest BCUT2D eigenvalue weighted by Gasteiger charge is 2.02. The van der Waals surface area contributed by atoms with E-state index in [0.29, 0.717) is 39.6 Å². The lowest BCUT2D eigenvalue weighted by Gasteiger charge is -2.10. The Morgan fingerprint density at radius 3 is 2.50 bits per heavy atom. The normalized spacial score (nSPS) is 10.8. The van der Waals surface area contributed by atoms with Gasteiger partial charge in [0.2, 0.25) is 0 Å². The summed E-state index contributed by atoms with van der Waals surface area (Å²) in [6.07, 6.45) is 0.879. The molecule has 0 heterocycles. The zero-order chi connectivity index (χ0) is 14.6. The van der Waals surface area contributed by atoms with Crippen LogP contribution >= 0.6 is 0 Å². The van der Waals surface area contributed by atoms with Crippen LogP contribution in [0.25, 0.3) is 0 Å². The molecular weight excluding hydrogens is 258 g/mol. The summed E-state index contributed by atoms with van der Waals surface area (Å²) in [5.74, 6) is 0.822. The van der Waals surface area contributed by atoms with Gasteiger partial charge < -0.3 is 24.7 Å². The summed E-state index contributed by atoms with van der Waals surface area (Å²) in [5, 5.41) is 0. The van der Waals surface area contributed by atoms with Crippen molar-refractivity contribution in [2.45, 2.75) is 19.6 Å². The van der Waals surface area contributed by atoms with Crippen molar-refractivity contribution in [1.29, 1.82) is 0 Å². The standard InChI is InChI=1S/C15H25NO4/c1-17-8-9-19-6-3-7-20-12-13-4-5-15(18-2)14(10-13)11-16/h4-5,10H,3,6-9,11-12,16H2,1-2H3. The van der Waals surface area contributed by atoms with Crippen LogP contribution in [0.3, 0.4) is 0 Å². The van der Waals surface area contributed by atoms with Crippen molar-refractivity contribution in [3.05, 3.63) is 29.3 Å². The van der Waals surface area contributed by atoms with Crippen LogP contribution in [-0.4, -0.2) is 40.6 Å². The van der Waals surface area contributed by atoms with Gasteiger partial charge in [0.15, 0.2) is 0 Å². The number of hydrogen-bond acceptors (Lipinski definition) is 5. The maximum absolute atomic E-state index is 5.68. The van der Waals surface area contributed by atoms with Crippen LogP contribution in [0.15, 0.2) is 18.2 Å². The second-order valence-electron chi connectivity index (χ2n) is 4.36. The molecule has 1 aromatic rings. The fourth-order valence-electron chi connectivity index (χ4n) is 1.78. The fourth-order valence-corrected chi connectivity index (χ4v) is 1.78. The molecular formula is C15H25NO4. The molecule has 0 aliphatic rings. The van der Waals surface area contributed by atoms with Crippen LogP contribution in [-0.2, 0) is 27.4 Å². The molecule has 0 spiro atoms. The number of nitrogens with two attached hydrogens (primary N) is 1. The third kappa shape index (κ3) is 6.34. The van der Waals surface area contributed by atoms with E-state index in [1.165, 1.54) is 0 Å². The second-order valence-corrected chi connectivity index (χ2v) is 4.36. The van der Waals surface area contributed by atoms with E-state index in [0.717, 1.165) is 23.3 Å². The minimum absolute atomic E-state index is 0.463. The first-order valence-electron chi connectivity index (χ1n) is 6.82. The topological polar surface area (TPSA) is 62.9 Å². The van der Waals surface area contributed by atoms with Crippen LogP contribution in [0.5, 0.6) is 5.75 Å². The van der Waals surface area contributed by atoms with Crippen molar-refractivity contribution in [3.8, 4) is 5.75 Å². The van der Waals surface area contributed by atoms with Crippen molar-refractivity contribution < 1.29 is 18.9 Å². The summed E-state index contributed by atoms with van der Waals surface area (Å²) < 4.78 is 21.1. The van der Waals surface area contributed by atoms with E-state index >= 15 is 0 Å². The van der Waals surface area contributed by atoms with Gasteiger partial charge in [0.1, 0.15) is 5.75 Å². The molecule has 0 atom stereocenters. The van der Waals surface area contributed by atoms with Crippen LogP contribution in [0.2, 0.25) is 0 Å². The molecule has 0 unspecified atom stereocenters. The number of ether oxygens (including phenoxy) is 4. The smallest absolute Gasteiger partial charge is 0.123 e. The first-order valence-corrected chi connectivity index (χ1v) is 6.82. The van der Waals surface area contributed by atoms with Crippen LogP contribution < -0.4 is 10.5 Å². The molecule has 0 aromatic heterocycles. The van der Waals surface area contributed by atoms with E-state index in [1.807, 2.05) is 18.2 Å². The molecule has 0 saturated carbocycles. The summed E-state index contributed by atoms with van der Waals surface area (Å²) in [6.45, 7) is 3.68. The van der Waals surface area contributed by atoms with Gasteiger partial charge in [-0.2, -0.15) is 0 Å². The zero-order valence-electron chi connectivity index (χ0n) is 12.4. The van der Waals surface area contributed by atoms with Crippen molar-refractivity contribution in [2.24, 2.45) is 5.73 Å². The molecule has 1 rings (SSSR count). The largest absolute Gasteiger partial charge is 0.496 e. The molecule has 0 bridgehead atoms. The third-order valence-electron chi connectivity index (χ3n) is 2.84. The maximum Gasteiger partial charge on any atom is 0.123 e. The number of rotatable bonds is 11. The minimum Gasteiger partial charge on any atom is -0.496 e. The molecule has 0 amide bonds. The third-order valence-corrected chi connectivity index (χ3v) is 2.84. The summed E-state index contributed by atoms with van der Waals surface area (Å²) in [7, 11) is 3.31. The number of hydrogen-bond donors (Lipinski definition) is 1.